The van der Waals surface area contributed by atoms with Gasteiger partial charge < -0.3 is 15.2 Å². The minimum atomic E-state index is -0.949. The van der Waals surface area contributed by atoms with Gasteiger partial charge in [-0.2, -0.15) is 0 Å². The molecule has 2 amide bonds. The maximum atomic E-state index is 11.8. The predicted molar refractivity (Wildman–Crippen MR) is 69.6 cm³/mol. The van der Waals surface area contributed by atoms with Crippen molar-refractivity contribution in [1.29, 1.82) is 0 Å². The van der Waals surface area contributed by atoms with Crippen molar-refractivity contribution in [2.24, 2.45) is 11.2 Å². The fourth-order valence-corrected chi connectivity index (χ4v) is 2.49. The molecule has 2 saturated heterocycles. The van der Waals surface area contributed by atoms with Crippen LogP contribution < -0.4 is 0 Å². The second kappa shape index (κ2) is 6.58. The minimum absolute atomic E-state index is 0.135. The fourth-order valence-electron chi connectivity index (χ4n) is 2.49. The van der Waals surface area contributed by atoms with Crippen LogP contribution in [-0.2, 0) is 19.2 Å². The van der Waals surface area contributed by atoms with Crippen LogP contribution in [0.15, 0.2) is 5.28 Å². The number of carbonyl (C=O) groups excluding carboxylic acids is 2. The van der Waals surface area contributed by atoms with Gasteiger partial charge in [0.05, 0.1) is 24.0 Å². The lowest BCUT2D eigenvalue weighted by Crippen LogP contribution is -2.41. The summed E-state index contributed by atoms with van der Waals surface area (Å²) in [5, 5.41) is 25.3. The molecule has 10 nitrogen and oxygen atoms in total. The van der Waals surface area contributed by atoms with Crippen LogP contribution in [0.3, 0.4) is 0 Å². The van der Waals surface area contributed by atoms with Crippen molar-refractivity contribution < 1.29 is 29.3 Å². The monoisotopic (exact) mass is 314 g/mol. The van der Waals surface area contributed by atoms with E-state index in [0.29, 0.717) is 12.8 Å². The lowest BCUT2D eigenvalue weighted by molar-refractivity contribution is -0.714. The summed E-state index contributed by atoms with van der Waals surface area (Å²) < 4.78 is 0. The highest BCUT2D eigenvalue weighted by molar-refractivity contribution is 6.02. The van der Waals surface area contributed by atoms with Crippen molar-refractivity contribution in [2.45, 2.75) is 38.8 Å². The smallest absolute Gasteiger partial charge is 0.306 e. The lowest BCUT2D eigenvalue weighted by atomic mass is 9.98. The number of amides is 2. The Hall–Kier alpha value is -2.39. The van der Waals surface area contributed by atoms with Gasteiger partial charge in [-0.3, -0.25) is 14.4 Å². The zero-order chi connectivity index (χ0) is 16.3. The molecule has 1 unspecified atom stereocenters. The molecule has 2 heterocycles. The van der Waals surface area contributed by atoms with E-state index in [0.717, 1.165) is 4.90 Å². The molecule has 0 radical (unpaired) electrons. The van der Waals surface area contributed by atoms with Crippen molar-refractivity contribution in [3.05, 3.63) is 5.21 Å². The summed E-state index contributed by atoms with van der Waals surface area (Å²) in [6.45, 7) is 1.96. The molecule has 122 valence electrons. The number of carbonyl (C=O) groups is 3. The Bertz CT molecular complexity index is 484. The van der Waals surface area contributed by atoms with Crippen LogP contribution in [0.5, 0.6) is 0 Å². The van der Waals surface area contributed by atoms with E-state index in [9.17, 15) is 19.6 Å². The first kappa shape index (κ1) is 16.0. The quantitative estimate of drug-likeness (QED) is 0.330. The third-order valence-electron chi connectivity index (χ3n) is 3.79. The van der Waals surface area contributed by atoms with Gasteiger partial charge in [-0.1, -0.05) is 0 Å². The summed E-state index contributed by atoms with van der Waals surface area (Å²) in [6.07, 6.45) is 0.0208. The summed E-state index contributed by atoms with van der Waals surface area (Å²) in [5.41, 5.74) is 0. The summed E-state index contributed by atoms with van der Waals surface area (Å²) in [5.74, 6) is -2.03. The molecule has 10 heteroatoms. The van der Waals surface area contributed by atoms with Crippen molar-refractivity contribution >= 4 is 17.8 Å². The molecule has 2 rings (SSSR count). The van der Waals surface area contributed by atoms with Crippen LogP contribution in [0.4, 0.5) is 0 Å². The van der Waals surface area contributed by atoms with E-state index in [2.05, 4.69) is 5.28 Å². The summed E-state index contributed by atoms with van der Waals surface area (Å²) in [7, 11) is 0. The lowest BCUT2D eigenvalue weighted by Gasteiger charge is -2.26. The number of piperidine rings is 1. The normalized spacial score (nSPS) is 22.1. The van der Waals surface area contributed by atoms with Gasteiger partial charge in [0.1, 0.15) is 0 Å². The molecule has 0 aromatic carbocycles. The molecule has 0 spiro atoms. The number of imide groups is 1. The van der Waals surface area contributed by atoms with Crippen LogP contribution >= 0.6 is 0 Å². The van der Waals surface area contributed by atoms with Gasteiger partial charge >= 0.3 is 5.97 Å². The topological polar surface area (TPSA) is 126 Å². The molecule has 22 heavy (non-hydrogen) atoms. The number of hydrogen-bond acceptors (Lipinski definition) is 6. The van der Waals surface area contributed by atoms with Crippen LogP contribution in [0.2, 0.25) is 0 Å². The van der Waals surface area contributed by atoms with Gasteiger partial charge in [0.15, 0.2) is 0 Å². The maximum absolute atomic E-state index is 11.8. The third-order valence-corrected chi connectivity index (χ3v) is 3.79. The Morgan fingerprint density at radius 1 is 1.36 bits per heavy atom. The number of rotatable bonds is 5. The van der Waals surface area contributed by atoms with E-state index in [1.165, 1.54) is 11.9 Å². The first-order chi connectivity index (χ1) is 10.4. The molecule has 0 aromatic rings. The summed E-state index contributed by atoms with van der Waals surface area (Å²) in [6, 6.07) is 0. The first-order valence-corrected chi connectivity index (χ1v) is 7.06. The summed E-state index contributed by atoms with van der Waals surface area (Å²) in [4.78, 5) is 39.9. The molecule has 0 aliphatic carbocycles. The van der Waals surface area contributed by atoms with E-state index < -0.39 is 18.1 Å². The molecular weight excluding hydrogens is 296 g/mol. The molecule has 0 aromatic heterocycles. The highest BCUT2D eigenvalue weighted by Crippen LogP contribution is 2.18. The number of carboxylic acids is 1. The Balaban J connectivity index is 1.86. The van der Waals surface area contributed by atoms with E-state index in [-0.39, 0.29) is 42.7 Å². The van der Waals surface area contributed by atoms with Gasteiger partial charge in [0.2, 0.25) is 23.3 Å². The molecule has 2 aliphatic rings. The van der Waals surface area contributed by atoms with E-state index in [1.54, 1.807) is 0 Å². The Labute approximate surface area is 126 Å². The van der Waals surface area contributed by atoms with Crippen LogP contribution in [0.25, 0.3) is 0 Å². The molecular formula is C12H18N4O6. The Morgan fingerprint density at radius 3 is 2.41 bits per heavy atom. The highest BCUT2D eigenvalue weighted by Gasteiger charge is 2.35. The molecule has 0 saturated carbocycles. The van der Waals surface area contributed by atoms with Crippen LogP contribution in [-0.4, -0.2) is 57.1 Å². The third kappa shape index (κ3) is 3.43. The van der Waals surface area contributed by atoms with E-state index in [4.69, 9.17) is 9.94 Å². The summed E-state index contributed by atoms with van der Waals surface area (Å²) >= 11 is 0. The van der Waals surface area contributed by atoms with Gasteiger partial charge in [-0.15, -0.1) is 5.01 Å². The highest BCUT2D eigenvalue weighted by atomic mass is 16.7. The maximum Gasteiger partial charge on any atom is 0.306 e. The van der Waals surface area contributed by atoms with Gasteiger partial charge in [0.25, 0.3) is 0 Å². The number of carboxylic acid groups (broad SMARTS) is 1. The predicted octanol–water partition coefficient (Wildman–Crippen LogP) is 0.0871. The largest absolute Gasteiger partial charge is 0.569 e. The average Bonchev–Trinajstić information content (AvgIpc) is 2.83. The second-order valence-electron chi connectivity index (χ2n) is 5.26. The van der Waals surface area contributed by atoms with Gasteiger partial charge in [-0.25, -0.2) is 4.90 Å². The first-order valence-electron chi connectivity index (χ1n) is 7.06. The van der Waals surface area contributed by atoms with Crippen molar-refractivity contribution in [2.75, 3.05) is 13.1 Å². The SMILES string of the molecule is CC(O/N=[N+](\[O-])N1CCC(C(=O)O)CC1)N1C(=O)CCC1=O. The Morgan fingerprint density at radius 2 is 1.91 bits per heavy atom. The van der Waals surface area contributed by atoms with Crippen LogP contribution in [0.1, 0.15) is 32.6 Å². The molecule has 1 atom stereocenters. The molecule has 2 fully saturated rings. The zero-order valence-electron chi connectivity index (χ0n) is 12.2. The molecule has 0 bridgehead atoms. The van der Waals surface area contributed by atoms with Crippen molar-refractivity contribution in [3.8, 4) is 0 Å². The van der Waals surface area contributed by atoms with E-state index in [1.807, 2.05) is 0 Å². The van der Waals surface area contributed by atoms with Crippen molar-refractivity contribution in [1.82, 2.24) is 9.91 Å². The van der Waals surface area contributed by atoms with Gasteiger partial charge in [-0.05, 0) is 19.8 Å². The average molecular weight is 314 g/mol. The molecule has 1 N–H and O–H groups in total. The standard InChI is InChI=1S/C12H18N4O6/c1-8(15-10(17)2-3-11(15)18)22-13-16(21)14-6-4-9(5-7-14)12(19)20/h8-9H,2-7H2,1H3,(H,19,20)/b16-13-. The zero-order valence-corrected chi connectivity index (χ0v) is 12.2. The minimum Gasteiger partial charge on any atom is -0.569 e. The number of likely N-dealkylation sites (tertiary alicyclic amines) is 1. The number of hydrogen-bond donors (Lipinski definition) is 1. The number of nitrogens with zero attached hydrogens (tertiary/aromatic N) is 4. The van der Waals surface area contributed by atoms with E-state index >= 15 is 0 Å². The second-order valence-corrected chi connectivity index (χ2v) is 5.26. The van der Waals surface area contributed by atoms with Crippen molar-refractivity contribution in [3.63, 3.8) is 0 Å². The van der Waals surface area contributed by atoms with Gasteiger partial charge in [0, 0.05) is 12.8 Å². The van der Waals surface area contributed by atoms with Crippen LogP contribution in [0, 0.1) is 11.1 Å². The number of hydrazine groups is 1. The molecule has 2 aliphatic heterocycles. The number of aliphatic carboxylic acids is 1. The fraction of sp³-hybridized carbons (Fsp3) is 0.750. The Kier molecular flexibility index (Phi) is 4.78.